The van der Waals surface area contributed by atoms with E-state index >= 15 is 0 Å². The van der Waals surface area contributed by atoms with Crippen molar-refractivity contribution in [2.75, 3.05) is 5.32 Å². The van der Waals surface area contributed by atoms with Crippen molar-refractivity contribution in [1.29, 1.82) is 0 Å². The molecule has 3 aromatic rings. The van der Waals surface area contributed by atoms with Crippen molar-refractivity contribution in [1.82, 2.24) is 15.3 Å². The van der Waals surface area contributed by atoms with Crippen molar-refractivity contribution in [2.45, 2.75) is 64.3 Å². The first kappa shape index (κ1) is 29.1. The van der Waals surface area contributed by atoms with Crippen LogP contribution in [-0.4, -0.2) is 33.2 Å². The first-order valence-corrected chi connectivity index (χ1v) is 13.2. The van der Waals surface area contributed by atoms with Crippen LogP contribution in [0.4, 0.5) is 25.0 Å². The summed E-state index contributed by atoms with van der Waals surface area (Å²) in [7, 11) is 0. The number of nitro groups is 1. The minimum absolute atomic E-state index is 0.0257. The molecule has 1 aromatic heterocycles. The molecule has 1 aliphatic rings. The molecular formula is C27H28BrF2N5O5. The van der Waals surface area contributed by atoms with Crippen molar-refractivity contribution in [3.05, 3.63) is 74.8 Å². The predicted octanol–water partition coefficient (Wildman–Crippen LogP) is 6.93. The molecule has 2 aromatic carbocycles. The van der Waals surface area contributed by atoms with E-state index in [-0.39, 0.29) is 23.7 Å². The average molecular weight is 620 g/mol. The maximum atomic E-state index is 12.9. The van der Waals surface area contributed by atoms with Gasteiger partial charge in [0.05, 0.1) is 4.92 Å². The number of aromatic nitrogens is 2. The number of rotatable bonds is 9. The average Bonchev–Trinajstić information content (AvgIpc) is 2.84. The zero-order chi connectivity index (χ0) is 29.1. The maximum absolute atomic E-state index is 12.9. The van der Waals surface area contributed by atoms with E-state index in [1.807, 2.05) is 0 Å². The third-order valence-corrected chi connectivity index (χ3v) is 7.04. The molecule has 1 fully saturated rings. The van der Waals surface area contributed by atoms with Gasteiger partial charge in [-0.1, -0.05) is 22.0 Å². The molecule has 1 amide bonds. The number of alkyl halides is 2. The highest BCUT2D eigenvalue weighted by atomic mass is 79.9. The number of nitro benzene ring substituents is 1. The van der Waals surface area contributed by atoms with Crippen molar-refractivity contribution in [2.24, 2.45) is 0 Å². The first-order chi connectivity index (χ1) is 18.9. The molecule has 1 heterocycles. The van der Waals surface area contributed by atoms with Gasteiger partial charge in [0.15, 0.2) is 5.82 Å². The number of benzene rings is 2. The van der Waals surface area contributed by atoms with Crippen LogP contribution in [0.2, 0.25) is 0 Å². The number of amides is 1. The van der Waals surface area contributed by atoms with Crippen LogP contribution < -0.4 is 15.4 Å². The number of hydrogen-bond donors (Lipinski definition) is 2. The van der Waals surface area contributed by atoms with E-state index in [4.69, 9.17) is 4.74 Å². The summed E-state index contributed by atoms with van der Waals surface area (Å²) >= 11 is 3.32. The molecule has 10 nitrogen and oxygen atoms in total. The molecule has 1 saturated carbocycles. The van der Waals surface area contributed by atoms with Gasteiger partial charge in [0.2, 0.25) is 0 Å². The minimum atomic E-state index is -3.02. The molecule has 1 aliphatic carbocycles. The van der Waals surface area contributed by atoms with Crippen molar-refractivity contribution >= 4 is 33.4 Å². The van der Waals surface area contributed by atoms with E-state index in [0.29, 0.717) is 39.8 Å². The number of ether oxygens (including phenoxy) is 2. The molecule has 0 unspecified atom stereocenters. The van der Waals surface area contributed by atoms with E-state index in [9.17, 15) is 23.7 Å². The van der Waals surface area contributed by atoms with Crippen LogP contribution in [0.3, 0.4) is 0 Å². The molecule has 0 aliphatic heterocycles. The molecule has 0 radical (unpaired) electrons. The number of nitrogens with one attached hydrogen (secondary N) is 2. The summed E-state index contributed by atoms with van der Waals surface area (Å²) < 4.78 is 36.3. The normalized spacial score (nSPS) is 14.3. The lowest BCUT2D eigenvalue weighted by Crippen LogP contribution is -2.53. The third kappa shape index (κ3) is 6.82. The Balaban J connectivity index is 1.57. The number of anilines is 1. The fourth-order valence-electron chi connectivity index (χ4n) is 4.27. The molecule has 40 heavy (non-hydrogen) atoms. The van der Waals surface area contributed by atoms with Gasteiger partial charge < -0.3 is 20.1 Å². The second-order valence-corrected chi connectivity index (χ2v) is 11.1. The lowest BCUT2D eigenvalue weighted by molar-refractivity contribution is -0.384. The zero-order valence-electron chi connectivity index (χ0n) is 22.0. The van der Waals surface area contributed by atoms with Crippen LogP contribution in [0.1, 0.15) is 51.4 Å². The molecule has 13 heteroatoms. The highest BCUT2D eigenvalue weighted by molar-refractivity contribution is 9.10. The van der Waals surface area contributed by atoms with Crippen LogP contribution in [0.5, 0.6) is 5.75 Å². The van der Waals surface area contributed by atoms with Gasteiger partial charge in [-0.05, 0) is 69.9 Å². The van der Waals surface area contributed by atoms with Gasteiger partial charge in [-0.3, -0.25) is 10.1 Å². The lowest BCUT2D eigenvalue weighted by atomic mass is 9.76. The van der Waals surface area contributed by atoms with Gasteiger partial charge in [-0.25, -0.2) is 14.8 Å². The predicted molar refractivity (Wildman–Crippen MR) is 147 cm³/mol. The van der Waals surface area contributed by atoms with Gasteiger partial charge in [0.1, 0.15) is 22.6 Å². The number of halogens is 3. The third-order valence-electron chi connectivity index (χ3n) is 6.30. The molecule has 4 rings (SSSR count). The van der Waals surface area contributed by atoms with E-state index in [0.717, 1.165) is 6.42 Å². The summed E-state index contributed by atoms with van der Waals surface area (Å²) in [4.78, 5) is 32.6. The van der Waals surface area contributed by atoms with E-state index in [1.165, 1.54) is 12.1 Å². The molecule has 0 bridgehead atoms. The van der Waals surface area contributed by atoms with Crippen molar-refractivity contribution < 1.29 is 28.0 Å². The van der Waals surface area contributed by atoms with Crippen LogP contribution in [0.25, 0.3) is 11.1 Å². The molecular weight excluding hydrogens is 592 g/mol. The standard InChI is InChI=1S/C27H28BrF2N5O5/c1-26(2,3)40-25(36)34-27(10-5-11-27)23-32-13-17(14-33-23)16-8-9-21(35(37)38)20(12-16)31-15-18-19(28)6-4-7-22(18)39-24(29)30/h4,6-9,12-14,24,31H,5,10-11,15H2,1-3H3,(H,34,36). The zero-order valence-corrected chi connectivity index (χ0v) is 23.6. The van der Waals surface area contributed by atoms with Gasteiger partial charge >= 0.3 is 12.7 Å². The van der Waals surface area contributed by atoms with Crippen LogP contribution in [-0.2, 0) is 16.8 Å². The Labute approximate surface area is 237 Å². The summed E-state index contributed by atoms with van der Waals surface area (Å²) in [6, 6.07) is 9.09. The largest absolute Gasteiger partial charge is 0.444 e. The Morgan fingerprint density at radius 1 is 1.18 bits per heavy atom. The summed E-state index contributed by atoms with van der Waals surface area (Å²) in [6.45, 7) is 2.31. The minimum Gasteiger partial charge on any atom is -0.444 e. The molecule has 0 spiro atoms. The van der Waals surface area contributed by atoms with E-state index in [1.54, 1.807) is 57.4 Å². The van der Waals surface area contributed by atoms with Gasteiger partial charge in [-0.2, -0.15) is 8.78 Å². The second-order valence-electron chi connectivity index (χ2n) is 10.3. The number of hydrogen-bond acceptors (Lipinski definition) is 8. The van der Waals surface area contributed by atoms with Crippen LogP contribution in [0, 0.1) is 10.1 Å². The Morgan fingerprint density at radius 3 is 2.45 bits per heavy atom. The Hall–Kier alpha value is -3.87. The van der Waals surface area contributed by atoms with Gasteiger partial charge in [0.25, 0.3) is 5.69 Å². The highest BCUT2D eigenvalue weighted by Crippen LogP contribution is 2.40. The lowest BCUT2D eigenvalue weighted by Gasteiger charge is -2.41. The summed E-state index contributed by atoms with van der Waals surface area (Å²) in [5.74, 6) is 0.402. The second kappa shape index (κ2) is 11.7. The number of carbonyl (C=O) groups is 1. The molecule has 0 atom stereocenters. The molecule has 0 saturated heterocycles. The SMILES string of the molecule is CC(C)(C)OC(=O)NC1(c2ncc(-c3ccc([N+](=O)[O-])c(NCc4c(Br)cccc4OC(F)F)c3)cn2)CCC1. The van der Waals surface area contributed by atoms with Crippen LogP contribution >= 0.6 is 15.9 Å². The van der Waals surface area contributed by atoms with E-state index in [2.05, 4.69) is 41.3 Å². The van der Waals surface area contributed by atoms with Gasteiger partial charge in [0, 0.05) is 40.6 Å². The van der Waals surface area contributed by atoms with Crippen molar-refractivity contribution in [3.8, 4) is 16.9 Å². The summed E-state index contributed by atoms with van der Waals surface area (Å²) in [5, 5.41) is 17.6. The smallest absolute Gasteiger partial charge is 0.408 e. The van der Waals surface area contributed by atoms with Gasteiger partial charge in [-0.15, -0.1) is 0 Å². The maximum Gasteiger partial charge on any atom is 0.408 e. The molecule has 212 valence electrons. The van der Waals surface area contributed by atoms with Crippen molar-refractivity contribution in [3.63, 3.8) is 0 Å². The summed E-state index contributed by atoms with van der Waals surface area (Å²) in [6.07, 6.45) is 4.88. The topological polar surface area (TPSA) is 129 Å². The Bertz CT molecular complexity index is 1400. The first-order valence-electron chi connectivity index (χ1n) is 12.5. The fraction of sp³-hybridized carbons (Fsp3) is 0.370. The Morgan fingerprint density at radius 2 is 1.88 bits per heavy atom. The number of carbonyl (C=O) groups excluding carboxylic acids is 1. The molecule has 2 N–H and O–H groups in total. The fourth-order valence-corrected chi connectivity index (χ4v) is 4.76. The van der Waals surface area contributed by atoms with Crippen LogP contribution in [0.15, 0.2) is 53.3 Å². The number of nitrogens with zero attached hydrogens (tertiary/aromatic N) is 3. The summed E-state index contributed by atoms with van der Waals surface area (Å²) in [5.41, 5.74) is 0.180. The van der Waals surface area contributed by atoms with E-state index < -0.39 is 28.8 Å². The Kier molecular flexibility index (Phi) is 8.52. The monoisotopic (exact) mass is 619 g/mol. The highest BCUT2D eigenvalue weighted by Gasteiger charge is 2.43. The number of alkyl carbamates (subject to hydrolysis) is 1. The quantitative estimate of drug-likeness (QED) is 0.195.